The SMILES string of the molecule is CCCc1cnc(C(=O)Oc2cc(F)c(-c3ccc(Cl)c(Cl)c3)c(F)c2)nc1. The molecule has 2 aromatic carbocycles. The van der Waals surface area contributed by atoms with Crippen molar-refractivity contribution in [2.75, 3.05) is 0 Å². The van der Waals surface area contributed by atoms with E-state index in [1.165, 1.54) is 30.6 Å². The normalized spacial score (nSPS) is 10.8. The van der Waals surface area contributed by atoms with E-state index in [-0.39, 0.29) is 32.7 Å². The summed E-state index contributed by atoms with van der Waals surface area (Å²) < 4.78 is 34.0. The molecule has 8 heteroatoms. The molecule has 0 aliphatic rings. The van der Waals surface area contributed by atoms with Gasteiger partial charge in [-0.05, 0) is 29.7 Å². The second kappa shape index (κ2) is 8.63. The Bertz CT molecular complexity index is 1000. The highest BCUT2D eigenvalue weighted by atomic mass is 35.5. The maximum Gasteiger partial charge on any atom is 0.381 e. The van der Waals surface area contributed by atoms with Crippen molar-refractivity contribution in [3.63, 3.8) is 0 Å². The fourth-order valence-corrected chi connectivity index (χ4v) is 2.86. The van der Waals surface area contributed by atoms with Crippen molar-refractivity contribution in [3.05, 3.63) is 75.8 Å². The summed E-state index contributed by atoms with van der Waals surface area (Å²) in [5.41, 5.74) is 0.776. The van der Waals surface area contributed by atoms with Crippen LogP contribution in [0.15, 0.2) is 42.7 Å². The summed E-state index contributed by atoms with van der Waals surface area (Å²) in [7, 11) is 0. The van der Waals surface area contributed by atoms with E-state index in [4.69, 9.17) is 27.9 Å². The van der Waals surface area contributed by atoms with Crippen LogP contribution in [0.4, 0.5) is 8.78 Å². The molecule has 144 valence electrons. The number of nitrogens with zero attached hydrogens (tertiary/aromatic N) is 2. The van der Waals surface area contributed by atoms with Gasteiger partial charge in [-0.25, -0.2) is 23.5 Å². The minimum Gasteiger partial charge on any atom is -0.420 e. The van der Waals surface area contributed by atoms with Crippen LogP contribution in [-0.4, -0.2) is 15.9 Å². The van der Waals surface area contributed by atoms with Gasteiger partial charge in [-0.15, -0.1) is 0 Å². The zero-order valence-electron chi connectivity index (χ0n) is 14.7. The molecule has 0 spiro atoms. The average Bonchev–Trinajstić information content (AvgIpc) is 2.65. The largest absolute Gasteiger partial charge is 0.420 e. The molecule has 0 atom stereocenters. The zero-order valence-corrected chi connectivity index (χ0v) is 16.2. The molecular weight excluding hydrogens is 409 g/mol. The average molecular weight is 423 g/mol. The Kier molecular flexibility index (Phi) is 6.21. The zero-order chi connectivity index (χ0) is 20.3. The van der Waals surface area contributed by atoms with Crippen LogP contribution in [-0.2, 0) is 6.42 Å². The third-order valence-corrected chi connectivity index (χ3v) is 4.60. The number of rotatable bonds is 5. The number of hydrogen-bond acceptors (Lipinski definition) is 4. The van der Waals surface area contributed by atoms with E-state index in [1.807, 2.05) is 6.92 Å². The van der Waals surface area contributed by atoms with Crippen molar-refractivity contribution in [1.82, 2.24) is 9.97 Å². The molecule has 0 amide bonds. The lowest BCUT2D eigenvalue weighted by Gasteiger charge is -2.09. The number of ether oxygens (including phenoxy) is 1. The number of benzene rings is 2. The van der Waals surface area contributed by atoms with E-state index < -0.39 is 17.6 Å². The highest BCUT2D eigenvalue weighted by Gasteiger charge is 2.18. The van der Waals surface area contributed by atoms with E-state index >= 15 is 0 Å². The van der Waals surface area contributed by atoms with Crippen molar-refractivity contribution in [3.8, 4) is 16.9 Å². The maximum atomic E-state index is 14.5. The molecular formula is C20H14Cl2F2N2O2. The van der Waals surface area contributed by atoms with E-state index in [0.717, 1.165) is 30.5 Å². The summed E-state index contributed by atoms with van der Waals surface area (Å²) in [6.07, 6.45) is 4.72. The van der Waals surface area contributed by atoms with Crippen LogP contribution in [0.3, 0.4) is 0 Å². The Hall–Kier alpha value is -2.57. The van der Waals surface area contributed by atoms with Crippen LogP contribution in [0, 0.1) is 11.6 Å². The molecule has 28 heavy (non-hydrogen) atoms. The van der Waals surface area contributed by atoms with Crippen LogP contribution in [0.5, 0.6) is 5.75 Å². The van der Waals surface area contributed by atoms with Crippen molar-refractivity contribution < 1.29 is 18.3 Å². The number of hydrogen-bond donors (Lipinski definition) is 0. The van der Waals surface area contributed by atoms with Gasteiger partial charge in [0.15, 0.2) is 0 Å². The molecule has 4 nitrogen and oxygen atoms in total. The molecule has 0 aliphatic carbocycles. The fraction of sp³-hybridized carbons (Fsp3) is 0.150. The minimum absolute atomic E-state index is 0.164. The molecule has 0 bridgehead atoms. The summed E-state index contributed by atoms with van der Waals surface area (Å²) >= 11 is 11.7. The fourth-order valence-electron chi connectivity index (χ4n) is 2.57. The molecule has 0 radical (unpaired) electrons. The van der Waals surface area contributed by atoms with Gasteiger partial charge >= 0.3 is 5.97 Å². The Morgan fingerprint density at radius 3 is 2.25 bits per heavy atom. The van der Waals surface area contributed by atoms with Gasteiger partial charge in [0.05, 0.1) is 15.6 Å². The lowest BCUT2D eigenvalue weighted by atomic mass is 10.0. The highest BCUT2D eigenvalue weighted by molar-refractivity contribution is 6.42. The van der Waals surface area contributed by atoms with Crippen LogP contribution in [0.2, 0.25) is 10.0 Å². The summed E-state index contributed by atoms with van der Waals surface area (Å²) in [5, 5.41) is 0.430. The molecule has 0 fully saturated rings. The Labute approximate surface area is 170 Å². The number of halogens is 4. The molecule has 0 aliphatic heterocycles. The minimum atomic E-state index is -0.916. The molecule has 1 heterocycles. The first kappa shape index (κ1) is 20.2. The third kappa shape index (κ3) is 4.46. The predicted octanol–water partition coefficient (Wildman–Crippen LogP) is 5.90. The number of aromatic nitrogens is 2. The molecule has 0 saturated heterocycles. The first-order valence-corrected chi connectivity index (χ1v) is 9.12. The van der Waals surface area contributed by atoms with Gasteiger partial charge < -0.3 is 4.74 Å². The van der Waals surface area contributed by atoms with E-state index in [0.29, 0.717) is 0 Å². The molecule has 0 saturated carbocycles. The monoisotopic (exact) mass is 422 g/mol. The maximum absolute atomic E-state index is 14.5. The second-order valence-corrected chi connectivity index (χ2v) is 6.76. The first-order chi connectivity index (χ1) is 13.4. The molecule has 0 unspecified atom stereocenters. The Balaban J connectivity index is 1.83. The summed E-state index contributed by atoms with van der Waals surface area (Å²) in [6, 6.07) is 6.04. The summed E-state index contributed by atoms with van der Waals surface area (Å²) in [4.78, 5) is 20.0. The lowest BCUT2D eigenvalue weighted by Crippen LogP contribution is -2.13. The standard InChI is InChI=1S/C20H14Cl2F2N2O2/c1-2-3-11-9-25-19(26-10-11)20(27)28-13-7-16(23)18(17(24)8-13)12-4-5-14(21)15(22)6-12/h4-10H,2-3H2,1H3. The van der Waals surface area contributed by atoms with Crippen molar-refractivity contribution in [1.29, 1.82) is 0 Å². The lowest BCUT2D eigenvalue weighted by molar-refractivity contribution is 0.0721. The van der Waals surface area contributed by atoms with Gasteiger partial charge in [0.2, 0.25) is 5.82 Å². The van der Waals surface area contributed by atoms with E-state index in [1.54, 1.807) is 0 Å². The van der Waals surface area contributed by atoms with Crippen LogP contribution >= 0.6 is 23.2 Å². The van der Waals surface area contributed by atoms with Crippen molar-refractivity contribution >= 4 is 29.2 Å². The van der Waals surface area contributed by atoms with Gasteiger partial charge in [0.1, 0.15) is 17.4 Å². The molecule has 3 rings (SSSR count). The van der Waals surface area contributed by atoms with Crippen LogP contribution < -0.4 is 4.74 Å². The van der Waals surface area contributed by atoms with Gasteiger partial charge in [-0.2, -0.15) is 0 Å². The van der Waals surface area contributed by atoms with Gasteiger partial charge in [-0.3, -0.25) is 0 Å². The Morgan fingerprint density at radius 1 is 1.04 bits per heavy atom. The van der Waals surface area contributed by atoms with E-state index in [2.05, 4.69) is 9.97 Å². The molecule has 3 aromatic rings. The van der Waals surface area contributed by atoms with Gasteiger partial charge in [0, 0.05) is 24.5 Å². The topological polar surface area (TPSA) is 52.1 Å². The van der Waals surface area contributed by atoms with Crippen molar-refractivity contribution in [2.24, 2.45) is 0 Å². The second-order valence-electron chi connectivity index (χ2n) is 5.95. The van der Waals surface area contributed by atoms with Gasteiger partial charge in [-0.1, -0.05) is 42.6 Å². The number of esters is 1. The van der Waals surface area contributed by atoms with Crippen LogP contribution in [0.1, 0.15) is 29.5 Å². The van der Waals surface area contributed by atoms with Crippen molar-refractivity contribution in [2.45, 2.75) is 19.8 Å². The first-order valence-electron chi connectivity index (χ1n) is 8.36. The number of aryl methyl sites for hydroxylation is 1. The highest BCUT2D eigenvalue weighted by Crippen LogP contribution is 2.33. The quantitative estimate of drug-likeness (QED) is 0.379. The van der Waals surface area contributed by atoms with Crippen LogP contribution in [0.25, 0.3) is 11.1 Å². The summed E-state index contributed by atoms with van der Waals surface area (Å²) in [6.45, 7) is 2.01. The number of carbonyl (C=O) groups excluding carboxylic acids is 1. The predicted molar refractivity (Wildman–Crippen MR) is 103 cm³/mol. The smallest absolute Gasteiger partial charge is 0.381 e. The summed E-state index contributed by atoms with van der Waals surface area (Å²) in [5.74, 6) is -3.25. The molecule has 1 aromatic heterocycles. The molecule has 0 N–H and O–H groups in total. The third-order valence-electron chi connectivity index (χ3n) is 3.86. The Morgan fingerprint density at radius 2 is 1.68 bits per heavy atom. The van der Waals surface area contributed by atoms with E-state index in [9.17, 15) is 13.6 Å². The van der Waals surface area contributed by atoms with Gasteiger partial charge in [0.25, 0.3) is 0 Å². The number of carbonyl (C=O) groups is 1.